The summed E-state index contributed by atoms with van der Waals surface area (Å²) in [5, 5.41) is 24.6. The van der Waals surface area contributed by atoms with Crippen molar-refractivity contribution in [2.75, 3.05) is 12.4 Å². The summed E-state index contributed by atoms with van der Waals surface area (Å²) in [4.78, 5) is 26.9. The number of methoxy groups -OCH3 is 1. The van der Waals surface area contributed by atoms with Gasteiger partial charge in [0, 0.05) is 96.2 Å². The summed E-state index contributed by atoms with van der Waals surface area (Å²) in [5.74, 6) is 0.575. The second kappa shape index (κ2) is 15.0. The molecule has 0 saturated heterocycles. The van der Waals surface area contributed by atoms with Crippen LogP contribution in [0.15, 0.2) is 90.2 Å². The van der Waals surface area contributed by atoms with Gasteiger partial charge in [-0.15, -0.1) is 0 Å². The van der Waals surface area contributed by atoms with E-state index in [-0.39, 0.29) is 5.91 Å². The number of hydrogen-bond acceptors (Lipinski definition) is 6. The number of nitrogens with zero attached hydrogens (tertiary/aromatic N) is 4. The van der Waals surface area contributed by atoms with Crippen molar-refractivity contribution in [3.8, 4) is 17.9 Å². The van der Waals surface area contributed by atoms with E-state index in [0.717, 1.165) is 43.0 Å². The maximum absolute atomic E-state index is 12.3. The third-order valence-electron chi connectivity index (χ3n) is 7.52. The number of allylic oxidation sites excluding steroid dienone is 2. The molecule has 1 amide bonds. The highest BCUT2D eigenvalue weighted by Crippen LogP contribution is 2.31. The zero-order chi connectivity index (χ0) is 35.1. The first-order valence-electron chi connectivity index (χ1n) is 15.0. The highest BCUT2D eigenvalue weighted by atomic mass is 79.9. The van der Waals surface area contributed by atoms with E-state index in [1.165, 1.54) is 0 Å². The predicted octanol–water partition coefficient (Wildman–Crippen LogP) is 9.66. The molecule has 2 aromatic carbocycles. The summed E-state index contributed by atoms with van der Waals surface area (Å²) in [5.41, 5.74) is 5.97. The molecule has 9 nitrogen and oxygen atoms in total. The number of H-pyrrole nitrogens is 2. The van der Waals surface area contributed by atoms with E-state index in [9.17, 15) is 15.3 Å². The number of amides is 1. The minimum Gasteiger partial charge on any atom is -0.496 e. The summed E-state index contributed by atoms with van der Waals surface area (Å²) >= 11 is 9.55. The summed E-state index contributed by atoms with van der Waals surface area (Å²) in [6, 6.07) is 19.4. The molecule has 0 saturated carbocycles. The molecule has 4 heterocycles. The predicted molar refractivity (Wildman–Crippen MR) is 199 cm³/mol. The molecule has 0 atom stereocenters. The fourth-order valence-electron chi connectivity index (χ4n) is 4.92. The minimum absolute atomic E-state index is 0.110. The van der Waals surface area contributed by atoms with Crippen LogP contribution in [0.4, 0.5) is 5.69 Å². The van der Waals surface area contributed by atoms with E-state index in [4.69, 9.17) is 16.3 Å². The summed E-state index contributed by atoms with van der Waals surface area (Å²) in [6.07, 6.45) is 13.7. The van der Waals surface area contributed by atoms with Crippen LogP contribution in [0.25, 0.3) is 45.1 Å². The van der Waals surface area contributed by atoms with Crippen molar-refractivity contribution in [2.45, 2.75) is 20.8 Å². The first kappa shape index (κ1) is 34.6. The standard InChI is InChI=1S/C21H19ClN4O.C17H12BrN3O/c1-21(2,3)20(27)26-18-6-7-24-11-14(18)8-13(10-23)17-12-25-19-5-4-15(22)9-16(17)19;1-22-17-4-5-20-9-12(17)6-11(8-19)15-10-21-16-7-13(18)2-3-14(15)16/h4-9,11-12,25H,1-3H3,(H,24,26,27);2-7,9-10,21H,1H3/b13-8+;11-6+. The van der Waals surface area contributed by atoms with Crippen LogP contribution in [-0.2, 0) is 4.79 Å². The van der Waals surface area contributed by atoms with Gasteiger partial charge >= 0.3 is 0 Å². The van der Waals surface area contributed by atoms with Gasteiger partial charge in [0.1, 0.15) is 5.75 Å². The fourth-order valence-corrected chi connectivity index (χ4v) is 5.46. The van der Waals surface area contributed by atoms with Crippen LogP contribution in [0.1, 0.15) is 43.0 Å². The summed E-state index contributed by atoms with van der Waals surface area (Å²) < 4.78 is 6.29. The molecule has 0 aliphatic carbocycles. The third kappa shape index (κ3) is 8.07. The van der Waals surface area contributed by atoms with Crippen molar-refractivity contribution in [3.05, 3.63) is 117 Å². The molecule has 0 spiro atoms. The van der Waals surface area contributed by atoms with E-state index < -0.39 is 5.41 Å². The molecule has 49 heavy (non-hydrogen) atoms. The number of nitriles is 2. The Morgan fingerprint density at radius 1 is 0.878 bits per heavy atom. The highest BCUT2D eigenvalue weighted by molar-refractivity contribution is 9.10. The molecule has 244 valence electrons. The van der Waals surface area contributed by atoms with Gasteiger partial charge in [0.25, 0.3) is 0 Å². The number of rotatable bonds is 6. The highest BCUT2D eigenvalue weighted by Gasteiger charge is 2.22. The number of halogens is 2. The molecule has 0 bridgehead atoms. The zero-order valence-corrected chi connectivity index (χ0v) is 29.4. The second-order valence-corrected chi connectivity index (χ2v) is 13.3. The average Bonchev–Trinajstić information content (AvgIpc) is 3.70. The third-order valence-corrected chi connectivity index (χ3v) is 8.25. The van der Waals surface area contributed by atoms with Crippen molar-refractivity contribution < 1.29 is 9.53 Å². The number of nitrogens with one attached hydrogen (secondary N) is 3. The molecule has 11 heteroatoms. The van der Waals surface area contributed by atoms with Crippen LogP contribution in [0.5, 0.6) is 5.75 Å². The first-order chi connectivity index (χ1) is 23.5. The lowest BCUT2D eigenvalue weighted by Gasteiger charge is -2.18. The number of benzene rings is 2. The lowest BCUT2D eigenvalue weighted by molar-refractivity contribution is -0.123. The zero-order valence-electron chi connectivity index (χ0n) is 27.1. The van der Waals surface area contributed by atoms with Crippen LogP contribution in [0.2, 0.25) is 5.02 Å². The van der Waals surface area contributed by atoms with Crippen LogP contribution in [0.3, 0.4) is 0 Å². The lowest BCUT2D eigenvalue weighted by Crippen LogP contribution is -2.27. The number of ether oxygens (including phenoxy) is 1. The van der Waals surface area contributed by atoms with Crippen molar-refractivity contribution in [3.63, 3.8) is 0 Å². The second-order valence-electron chi connectivity index (χ2n) is 11.9. The Bertz CT molecular complexity index is 2320. The summed E-state index contributed by atoms with van der Waals surface area (Å²) in [7, 11) is 1.60. The molecule has 0 unspecified atom stereocenters. The van der Waals surface area contributed by atoms with Crippen molar-refractivity contribution in [2.24, 2.45) is 5.41 Å². The summed E-state index contributed by atoms with van der Waals surface area (Å²) in [6.45, 7) is 5.53. The maximum Gasteiger partial charge on any atom is 0.229 e. The van der Waals surface area contributed by atoms with E-state index in [0.29, 0.717) is 33.2 Å². The number of hydrogen-bond donors (Lipinski definition) is 3. The smallest absolute Gasteiger partial charge is 0.229 e. The number of aromatic amines is 2. The van der Waals surface area contributed by atoms with Gasteiger partial charge in [-0.3, -0.25) is 14.8 Å². The molecule has 0 radical (unpaired) electrons. The van der Waals surface area contributed by atoms with Gasteiger partial charge in [-0.2, -0.15) is 10.5 Å². The molecule has 6 rings (SSSR count). The molecule has 6 aromatic rings. The molecule has 4 aromatic heterocycles. The van der Waals surface area contributed by atoms with Crippen LogP contribution >= 0.6 is 27.5 Å². The van der Waals surface area contributed by atoms with Gasteiger partial charge < -0.3 is 20.0 Å². The Hall–Kier alpha value is -5.68. The molecule has 3 N–H and O–H groups in total. The average molecular weight is 733 g/mol. The largest absolute Gasteiger partial charge is 0.496 e. The SMILES string of the molecule is CC(C)(C)C(=O)Nc1ccncc1/C=C(\C#N)c1c[nH]c2ccc(Cl)cc12.COc1ccncc1/C=C(\C#N)c1c[nH]c2cc(Br)ccc12. The molecule has 0 fully saturated rings. The van der Waals surface area contributed by atoms with E-state index in [1.807, 2.05) is 57.3 Å². The Labute approximate surface area is 297 Å². The maximum atomic E-state index is 12.3. The Balaban J connectivity index is 0.000000195. The number of anilines is 1. The number of carbonyl (C=O) groups is 1. The Morgan fingerprint density at radius 2 is 1.51 bits per heavy atom. The van der Waals surface area contributed by atoms with Crippen LogP contribution < -0.4 is 10.1 Å². The van der Waals surface area contributed by atoms with Gasteiger partial charge in [-0.05, 0) is 54.6 Å². The van der Waals surface area contributed by atoms with Gasteiger partial charge in [0.15, 0.2) is 0 Å². The number of fused-ring (bicyclic) bond motifs is 2. The molecular weight excluding hydrogens is 702 g/mol. The molecular formula is C38H31BrClN7O2. The van der Waals surface area contributed by atoms with Crippen molar-refractivity contribution in [1.82, 2.24) is 19.9 Å². The number of pyridine rings is 2. The lowest BCUT2D eigenvalue weighted by atomic mass is 9.95. The molecule has 0 aliphatic heterocycles. The van der Waals surface area contributed by atoms with Crippen LogP contribution in [-0.4, -0.2) is 33.0 Å². The van der Waals surface area contributed by atoms with Crippen molar-refractivity contribution in [1.29, 1.82) is 10.5 Å². The van der Waals surface area contributed by atoms with E-state index in [2.05, 4.69) is 53.3 Å². The van der Waals surface area contributed by atoms with Gasteiger partial charge in [-0.1, -0.05) is 54.4 Å². The quantitative estimate of drug-likeness (QED) is 0.146. The minimum atomic E-state index is -0.532. The number of carbonyl (C=O) groups excluding carboxylic acids is 1. The van der Waals surface area contributed by atoms with Gasteiger partial charge in [0.2, 0.25) is 5.91 Å². The Morgan fingerprint density at radius 3 is 2.18 bits per heavy atom. The topological polar surface area (TPSA) is 143 Å². The first-order valence-corrected chi connectivity index (χ1v) is 16.2. The normalized spacial score (nSPS) is 11.8. The van der Waals surface area contributed by atoms with Crippen LogP contribution in [0, 0.1) is 28.1 Å². The number of aromatic nitrogens is 4. The molecule has 0 aliphatic rings. The van der Waals surface area contributed by atoms with Crippen molar-refractivity contribution >= 4 is 84.2 Å². The monoisotopic (exact) mass is 731 g/mol. The van der Waals surface area contributed by atoms with Gasteiger partial charge in [0.05, 0.1) is 36.1 Å². The van der Waals surface area contributed by atoms with E-state index in [1.54, 1.807) is 68.4 Å². The fraction of sp³-hybridized carbons (Fsp3) is 0.132. The van der Waals surface area contributed by atoms with E-state index >= 15 is 0 Å². The van der Waals surface area contributed by atoms with Gasteiger partial charge in [-0.25, -0.2) is 0 Å². The Kier molecular flexibility index (Phi) is 10.6.